The minimum atomic E-state index is -1.59. The molecule has 2 nitrogen and oxygen atoms in total. The predicted octanol–water partition coefficient (Wildman–Crippen LogP) is 18.0. The summed E-state index contributed by atoms with van der Waals surface area (Å²) in [5.74, 6) is -2.40. The van der Waals surface area contributed by atoms with Crippen LogP contribution in [-0.4, -0.2) is 0 Å². The van der Waals surface area contributed by atoms with E-state index in [4.69, 9.17) is 27.4 Å². The second kappa shape index (κ2) is 17.5. The molecule has 0 fully saturated rings. The quantitative estimate of drug-likeness (QED) is 0.126. The van der Waals surface area contributed by atoms with Crippen LogP contribution in [0.15, 0.2) is 242 Å². The number of hydrogen-bond acceptors (Lipinski definition) is 2. The van der Waals surface area contributed by atoms with Crippen molar-refractivity contribution in [3.63, 3.8) is 0 Å². The molecular weight excluding hydrogens is 835 g/mol. The Hall–Kier alpha value is -8.34. The highest BCUT2D eigenvalue weighted by Crippen LogP contribution is 2.49. The van der Waals surface area contributed by atoms with Gasteiger partial charge in [-0.2, -0.15) is 0 Å². The van der Waals surface area contributed by atoms with Gasteiger partial charge in [-0.05, 0) is 153 Å². The molecule has 0 spiro atoms. The highest BCUT2D eigenvalue weighted by molar-refractivity contribution is 6.28. The lowest BCUT2D eigenvalue weighted by molar-refractivity contribution is 0.627. The van der Waals surface area contributed by atoms with Crippen LogP contribution in [0.3, 0.4) is 0 Å². The summed E-state index contributed by atoms with van der Waals surface area (Å²) in [5.41, 5.74) is 1.01. The molecule has 0 heterocycles. The summed E-state index contributed by atoms with van der Waals surface area (Å²) >= 11 is 0. The fraction of sp³-hybridized carbons (Fsp3) is 0.0625. The lowest BCUT2D eigenvalue weighted by Crippen LogP contribution is -2.21. The van der Waals surface area contributed by atoms with E-state index >= 15 is 8.78 Å². The molecule has 2 aliphatic rings. The van der Waals surface area contributed by atoms with Gasteiger partial charge in [0.2, 0.25) is 0 Å². The van der Waals surface area contributed by atoms with E-state index in [0.717, 1.165) is 0 Å². The summed E-state index contributed by atoms with van der Waals surface area (Å²) in [6.07, 6.45) is -0.190. The van der Waals surface area contributed by atoms with Crippen molar-refractivity contribution in [2.24, 2.45) is 0 Å². The van der Waals surface area contributed by atoms with Crippen LogP contribution in [0.25, 0.3) is 54.6 Å². The van der Waals surface area contributed by atoms with Crippen LogP contribution in [-0.2, 0) is 0 Å². The molecule has 326 valence electrons. The Balaban J connectivity index is 1.13. The first-order valence-electron chi connectivity index (χ1n) is 31.8. The first-order chi connectivity index (χ1) is 41.8. The molecular formula is C64H46F2N2. The fourth-order valence-electron chi connectivity index (χ4n) is 9.30. The minimum absolute atomic E-state index is 0.00950. The average Bonchev–Trinajstić information content (AvgIpc) is 0.783. The van der Waals surface area contributed by atoms with Crippen LogP contribution in [0, 0.1) is 11.6 Å². The van der Waals surface area contributed by atoms with Gasteiger partial charge in [0.05, 0.1) is 36.0 Å². The van der Waals surface area contributed by atoms with Crippen LogP contribution < -0.4 is 9.80 Å². The van der Waals surface area contributed by atoms with Crippen molar-refractivity contribution < 1.29 is 36.2 Å². The first-order valence-corrected chi connectivity index (χ1v) is 21.6. The molecule has 0 radical (unpaired) electrons. The lowest BCUT2D eigenvalue weighted by Gasteiger charge is -2.34. The summed E-state index contributed by atoms with van der Waals surface area (Å²) in [6.45, 7) is 0. The zero-order chi connectivity index (χ0) is 63.0. The van der Waals surface area contributed by atoms with Gasteiger partial charge in [0, 0.05) is 42.2 Å². The van der Waals surface area contributed by atoms with Crippen molar-refractivity contribution in [1.29, 1.82) is 0 Å². The molecule has 12 rings (SSSR count). The molecule has 3 unspecified atom stereocenters. The Morgan fingerprint density at radius 3 is 1.72 bits per heavy atom. The summed E-state index contributed by atoms with van der Waals surface area (Å²) in [4.78, 5) is 3.37. The molecule has 0 N–H and O–H groups in total. The van der Waals surface area contributed by atoms with Crippen molar-refractivity contribution >= 4 is 71.9 Å². The maximum atomic E-state index is 15.9. The van der Waals surface area contributed by atoms with Gasteiger partial charge < -0.3 is 9.80 Å². The summed E-state index contributed by atoms with van der Waals surface area (Å²) in [7, 11) is 0. The number of hydrogen-bond donors (Lipinski definition) is 0. The largest absolute Gasteiger partial charge is 0.313 e. The van der Waals surface area contributed by atoms with Gasteiger partial charge in [-0.3, -0.25) is 0 Å². The first kappa shape index (κ1) is 25.0. The van der Waals surface area contributed by atoms with Crippen LogP contribution in [0.2, 0.25) is 0 Å². The number of anilines is 5. The zero-order valence-electron chi connectivity index (χ0n) is 55.7. The van der Waals surface area contributed by atoms with Crippen molar-refractivity contribution in [1.82, 2.24) is 0 Å². The van der Waals surface area contributed by atoms with Gasteiger partial charge in [0.1, 0.15) is 11.6 Å². The van der Waals surface area contributed by atoms with Gasteiger partial charge in [0.15, 0.2) is 0 Å². The standard InChI is InChI=1S/C64H46F2N2/c65-53-23-13-25-55(41-53)67(57-37-49(43-15-5-1-6-16-43)35-50(38-57)44-17-7-2-8-18-44)61-33-29-47-28-32-60-62(34-30-48-27-31-59(61)63(47)64(48)60)68(56-26-14-24-54(66)42-56)58-39-51(45-19-9-3-10-20-45)36-52(40-58)46-21-11-4-12-22-46/h1-3,5-11,13-37,39-42,50H,4,12,38H2/i1D,2D,3D,4D,5D,6D,7D,8D,9D,10D,11D,12D,15D,16D,17D,18D,19D,20D,21D,22D. The molecule has 0 saturated carbocycles. The molecule has 10 aromatic carbocycles. The van der Waals surface area contributed by atoms with Crippen molar-refractivity contribution in [3.05, 3.63) is 270 Å². The molecule has 68 heavy (non-hydrogen) atoms. The van der Waals surface area contributed by atoms with E-state index in [9.17, 15) is 0 Å². The van der Waals surface area contributed by atoms with Crippen LogP contribution >= 0.6 is 0 Å². The minimum Gasteiger partial charge on any atom is -0.313 e. The Bertz CT molecular complexity index is 4720. The Labute approximate surface area is 423 Å². The summed E-state index contributed by atoms with van der Waals surface area (Å²) < 4.78 is 207. The number of nitrogens with zero attached hydrogens (tertiary/aromatic N) is 2. The highest BCUT2D eigenvalue weighted by Gasteiger charge is 2.27. The second-order valence-electron chi connectivity index (χ2n) is 16.2. The van der Waals surface area contributed by atoms with Crippen LogP contribution in [0.1, 0.15) is 69.2 Å². The summed E-state index contributed by atoms with van der Waals surface area (Å²) in [5, 5.41) is 3.80. The van der Waals surface area contributed by atoms with E-state index in [0.29, 0.717) is 49.4 Å². The molecule has 0 saturated heterocycles. The molecule has 2 aliphatic carbocycles. The van der Waals surface area contributed by atoms with Gasteiger partial charge in [-0.25, -0.2) is 8.78 Å². The Morgan fingerprint density at radius 2 is 1.07 bits per heavy atom. The van der Waals surface area contributed by atoms with Crippen LogP contribution in [0.5, 0.6) is 0 Å². The third-order valence-corrected chi connectivity index (χ3v) is 12.2. The third kappa shape index (κ3) is 7.64. The average molecular weight is 901 g/mol. The molecule has 0 aromatic heterocycles. The molecule has 0 aliphatic heterocycles. The molecule has 0 amide bonds. The second-order valence-corrected chi connectivity index (χ2v) is 16.2. The van der Waals surface area contributed by atoms with Crippen LogP contribution in [0.4, 0.5) is 37.2 Å². The number of halogens is 2. The van der Waals surface area contributed by atoms with Gasteiger partial charge in [-0.15, -0.1) is 0 Å². The molecule has 0 bridgehead atoms. The SMILES string of the molecule is [2H]C1=C([2H])C([2H])C([2H])C([2H])=C1c1cc(-c2c([2H])c([2H])c([2H])c([2H])c2[2H])cc(N(c2cccc(F)c2)c2ccc3ccc4c(N(C5=CC(c6c([2H])c([2H])c([2H])c([2H])c6[2H])=CC(c6c([2H])c([2H])c([2H])c([2H])c6[2H])C5)c5cccc(F)c5)ccc5ccc2c3c54)c1. The smallest absolute Gasteiger partial charge is 0.125 e. The highest BCUT2D eigenvalue weighted by atomic mass is 19.1. The number of benzene rings is 10. The lowest BCUT2D eigenvalue weighted by atomic mass is 9.85. The summed E-state index contributed by atoms with van der Waals surface area (Å²) in [6, 6.07) is 19.7. The van der Waals surface area contributed by atoms with E-state index in [1.807, 2.05) is 36.4 Å². The third-order valence-electron chi connectivity index (χ3n) is 12.2. The van der Waals surface area contributed by atoms with Gasteiger partial charge >= 0.3 is 0 Å². The topological polar surface area (TPSA) is 6.48 Å². The van der Waals surface area contributed by atoms with Gasteiger partial charge in [-0.1, -0.05) is 163 Å². The monoisotopic (exact) mass is 900 g/mol. The Morgan fingerprint density at radius 1 is 0.500 bits per heavy atom. The van der Waals surface area contributed by atoms with Crippen molar-refractivity contribution in [2.75, 3.05) is 9.80 Å². The Kier molecular flexibility index (Phi) is 6.42. The van der Waals surface area contributed by atoms with E-state index < -0.39 is 139 Å². The van der Waals surface area contributed by atoms with Crippen molar-refractivity contribution in [3.8, 4) is 11.1 Å². The maximum Gasteiger partial charge on any atom is 0.125 e. The molecule has 4 heteroatoms. The van der Waals surface area contributed by atoms with E-state index in [-0.39, 0.29) is 62.4 Å². The van der Waals surface area contributed by atoms with Crippen molar-refractivity contribution in [2.45, 2.75) is 25.1 Å². The predicted molar refractivity (Wildman–Crippen MR) is 281 cm³/mol. The maximum absolute atomic E-state index is 15.9. The zero-order valence-corrected chi connectivity index (χ0v) is 35.7. The number of allylic oxidation sites excluding steroid dienone is 8. The fourth-order valence-corrected chi connectivity index (χ4v) is 9.30. The molecule has 10 aromatic rings. The van der Waals surface area contributed by atoms with E-state index in [1.165, 1.54) is 60.7 Å². The van der Waals surface area contributed by atoms with E-state index in [2.05, 4.69) is 0 Å². The number of rotatable bonds is 10. The normalized spacial score (nSPS) is 21.5. The van der Waals surface area contributed by atoms with E-state index in [1.54, 1.807) is 40.1 Å². The molecule has 3 atom stereocenters. The van der Waals surface area contributed by atoms with Gasteiger partial charge in [0.25, 0.3) is 0 Å².